The van der Waals surface area contributed by atoms with Crippen LogP contribution in [0.25, 0.3) is 0 Å². The topological polar surface area (TPSA) is 70.7 Å². The number of methoxy groups -OCH3 is 1. The van der Waals surface area contributed by atoms with E-state index in [1.165, 1.54) is 0 Å². The van der Waals surface area contributed by atoms with Crippen LogP contribution in [0.5, 0.6) is 5.75 Å². The third-order valence-electron chi connectivity index (χ3n) is 4.57. The Morgan fingerprint density at radius 1 is 1.46 bits per heavy atom. The third kappa shape index (κ3) is 3.65. The Bertz CT molecular complexity index is 632. The average Bonchev–Trinajstić information content (AvgIpc) is 2.97. The standard InChI is InChI=1S/C17H22ClN3O3/c1-24-15-5-4-12(18)8-14(15)21-10-11(7-16(21)22)17(23)20-13-3-2-6-19-9-13/h4-5,8,11,13,19H,2-3,6-7,9-10H2,1H3,(H,20,23)/t11?,13-/m0/s1. The molecule has 6 nitrogen and oxygen atoms in total. The zero-order valence-electron chi connectivity index (χ0n) is 13.7. The van der Waals surface area contributed by atoms with E-state index in [2.05, 4.69) is 10.6 Å². The number of rotatable bonds is 4. The number of hydrogen-bond acceptors (Lipinski definition) is 4. The van der Waals surface area contributed by atoms with Gasteiger partial charge in [0.15, 0.2) is 0 Å². The van der Waals surface area contributed by atoms with Crippen LogP contribution in [0.4, 0.5) is 5.69 Å². The Labute approximate surface area is 146 Å². The normalized spacial score (nSPS) is 24.1. The quantitative estimate of drug-likeness (QED) is 0.864. The van der Waals surface area contributed by atoms with Crippen LogP contribution in [-0.4, -0.2) is 44.6 Å². The first-order valence-corrected chi connectivity index (χ1v) is 8.61. The second-order valence-electron chi connectivity index (χ2n) is 6.27. The molecule has 24 heavy (non-hydrogen) atoms. The lowest BCUT2D eigenvalue weighted by Crippen LogP contribution is -2.47. The maximum atomic E-state index is 12.5. The largest absolute Gasteiger partial charge is 0.495 e. The lowest BCUT2D eigenvalue weighted by molar-refractivity contribution is -0.127. The summed E-state index contributed by atoms with van der Waals surface area (Å²) in [5, 5.41) is 6.86. The van der Waals surface area contributed by atoms with E-state index < -0.39 is 0 Å². The van der Waals surface area contributed by atoms with Crippen molar-refractivity contribution in [2.45, 2.75) is 25.3 Å². The Balaban J connectivity index is 1.69. The van der Waals surface area contributed by atoms with Crippen molar-refractivity contribution in [1.29, 1.82) is 0 Å². The van der Waals surface area contributed by atoms with E-state index in [4.69, 9.17) is 16.3 Å². The summed E-state index contributed by atoms with van der Waals surface area (Å²) in [5.41, 5.74) is 0.615. The van der Waals surface area contributed by atoms with Gasteiger partial charge >= 0.3 is 0 Å². The van der Waals surface area contributed by atoms with Gasteiger partial charge in [-0.15, -0.1) is 0 Å². The Morgan fingerprint density at radius 2 is 2.29 bits per heavy atom. The number of anilines is 1. The van der Waals surface area contributed by atoms with Crippen LogP contribution in [-0.2, 0) is 9.59 Å². The minimum absolute atomic E-state index is 0.0551. The van der Waals surface area contributed by atoms with Gasteiger partial charge in [0, 0.05) is 30.6 Å². The highest BCUT2D eigenvalue weighted by molar-refractivity contribution is 6.31. The highest BCUT2D eigenvalue weighted by Gasteiger charge is 2.37. The van der Waals surface area contributed by atoms with Crippen LogP contribution in [0.15, 0.2) is 18.2 Å². The highest BCUT2D eigenvalue weighted by atomic mass is 35.5. The second-order valence-corrected chi connectivity index (χ2v) is 6.71. The van der Waals surface area contributed by atoms with Crippen molar-refractivity contribution >= 4 is 29.1 Å². The van der Waals surface area contributed by atoms with Crippen LogP contribution in [0.3, 0.4) is 0 Å². The van der Waals surface area contributed by atoms with Crippen LogP contribution in [0.1, 0.15) is 19.3 Å². The molecule has 0 aromatic heterocycles. The van der Waals surface area contributed by atoms with Gasteiger partial charge in [-0.25, -0.2) is 0 Å². The van der Waals surface area contributed by atoms with E-state index in [1.807, 2.05) is 0 Å². The Kier molecular flexibility index (Phi) is 5.26. The van der Waals surface area contributed by atoms with Crippen molar-refractivity contribution in [2.24, 2.45) is 5.92 Å². The van der Waals surface area contributed by atoms with Gasteiger partial charge in [-0.2, -0.15) is 0 Å². The smallest absolute Gasteiger partial charge is 0.227 e. The summed E-state index contributed by atoms with van der Waals surface area (Å²) in [6.07, 6.45) is 2.24. The van der Waals surface area contributed by atoms with Gasteiger partial charge in [0.1, 0.15) is 5.75 Å². The molecule has 0 aliphatic carbocycles. The summed E-state index contributed by atoms with van der Waals surface area (Å²) in [6, 6.07) is 5.29. The summed E-state index contributed by atoms with van der Waals surface area (Å²) < 4.78 is 5.32. The summed E-state index contributed by atoms with van der Waals surface area (Å²) in [7, 11) is 1.55. The van der Waals surface area contributed by atoms with Crippen molar-refractivity contribution in [1.82, 2.24) is 10.6 Å². The first-order valence-electron chi connectivity index (χ1n) is 8.23. The Morgan fingerprint density at radius 3 is 3.00 bits per heavy atom. The van der Waals surface area contributed by atoms with Gasteiger partial charge in [0.2, 0.25) is 11.8 Å². The molecule has 130 valence electrons. The predicted octanol–water partition coefficient (Wildman–Crippen LogP) is 1.57. The minimum atomic E-state index is -0.344. The lowest BCUT2D eigenvalue weighted by Gasteiger charge is -2.25. The van der Waals surface area contributed by atoms with Crippen LogP contribution in [0, 0.1) is 5.92 Å². The molecule has 2 atom stereocenters. The average molecular weight is 352 g/mol. The second kappa shape index (κ2) is 7.40. The van der Waals surface area contributed by atoms with Gasteiger partial charge in [0.25, 0.3) is 0 Å². The SMILES string of the molecule is COc1ccc(Cl)cc1N1CC(C(=O)N[C@H]2CCCNC2)CC1=O. The lowest BCUT2D eigenvalue weighted by atomic mass is 10.0. The molecule has 2 aliphatic rings. The van der Waals surface area contributed by atoms with Gasteiger partial charge < -0.3 is 20.3 Å². The zero-order chi connectivity index (χ0) is 17.1. The van der Waals surface area contributed by atoms with Crippen molar-refractivity contribution in [3.63, 3.8) is 0 Å². The summed E-state index contributed by atoms with van der Waals surface area (Å²) in [4.78, 5) is 26.5. The molecule has 2 saturated heterocycles. The van der Waals surface area contributed by atoms with E-state index >= 15 is 0 Å². The first-order chi connectivity index (χ1) is 11.6. The number of nitrogens with one attached hydrogen (secondary N) is 2. The molecule has 0 bridgehead atoms. The molecule has 1 aromatic rings. The number of halogens is 1. The van der Waals surface area contributed by atoms with Crippen LogP contribution < -0.4 is 20.3 Å². The number of piperidine rings is 1. The summed E-state index contributed by atoms with van der Waals surface area (Å²) in [5.74, 6) is 0.0893. The molecule has 2 N–H and O–H groups in total. The van der Waals surface area contributed by atoms with E-state index in [0.717, 1.165) is 25.9 Å². The molecule has 2 fully saturated rings. The van der Waals surface area contributed by atoms with Crippen molar-refractivity contribution in [3.05, 3.63) is 23.2 Å². The molecule has 0 saturated carbocycles. The fourth-order valence-electron chi connectivity index (χ4n) is 3.28. The Hall–Kier alpha value is -1.79. The van der Waals surface area contributed by atoms with Gasteiger partial charge in [-0.05, 0) is 37.6 Å². The molecular weight excluding hydrogens is 330 g/mol. The van der Waals surface area contributed by atoms with Gasteiger partial charge in [-0.1, -0.05) is 11.6 Å². The van der Waals surface area contributed by atoms with E-state index in [-0.39, 0.29) is 30.2 Å². The molecule has 1 aromatic carbocycles. The zero-order valence-corrected chi connectivity index (χ0v) is 14.4. The summed E-state index contributed by atoms with van der Waals surface area (Å²) >= 11 is 6.05. The van der Waals surface area contributed by atoms with Crippen LogP contribution >= 0.6 is 11.6 Å². The number of carbonyl (C=O) groups is 2. The number of ether oxygens (including phenoxy) is 1. The molecule has 2 heterocycles. The van der Waals surface area contributed by atoms with Crippen molar-refractivity contribution in [3.8, 4) is 5.75 Å². The molecular formula is C17H22ClN3O3. The van der Waals surface area contributed by atoms with E-state index in [1.54, 1.807) is 30.2 Å². The van der Waals surface area contributed by atoms with Gasteiger partial charge in [0.05, 0.1) is 18.7 Å². The number of benzene rings is 1. The molecule has 2 amide bonds. The molecule has 0 radical (unpaired) electrons. The predicted molar refractivity (Wildman–Crippen MR) is 92.5 cm³/mol. The van der Waals surface area contributed by atoms with E-state index in [0.29, 0.717) is 23.0 Å². The molecule has 7 heteroatoms. The highest BCUT2D eigenvalue weighted by Crippen LogP contribution is 2.35. The number of nitrogens with zero attached hydrogens (tertiary/aromatic N) is 1. The number of carbonyl (C=O) groups excluding carboxylic acids is 2. The van der Waals surface area contributed by atoms with Gasteiger partial charge in [-0.3, -0.25) is 9.59 Å². The fourth-order valence-corrected chi connectivity index (χ4v) is 3.45. The number of hydrogen-bond donors (Lipinski definition) is 2. The molecule has 0 spiro atoms. The fraction of sp³-hybridized carbons (Fsp3) is 0.529. The van der Waals surface area contributed by atoms with Crippen LogP contribution in [0.2, 0.25) is 5.02 Å². The maximum Gasteiger partial charge on any atom is 0.227 e. The van der Waals surface area contributed by atoms with Crippen molar-refractivity contribution < 1.29 is 14.3 Å². The summed E-state index contributed by atoms with van der Waals surface area (Å²) in [6.45, 7) is 2.14. The first kappa shape index (κ1) is 17.0. The van der Waals surface area contributed by atoms with E-state index in [9.17, 15) is 9.59 Å². The third-order valence-corrected chi connectivity index (χ3v) is 4.81. The molecule has 2 aliphatic heterocycles. The number of amides is 2. The molecule has 1 unspecified atom stereocenters. The molecule has 3 rings (SSSR count). The van der Waals surface area contributed by atoms with Crippen molar-refractivity contribution in [2.75, 3.05) is 31.6 Å². The maximum absolute atomic E-state index is 12.5. The minimum Gasteiger partial charge on any atom is -0.495 e. The monoisotopic (exact) mass is 351 g/mol.